The van der Waals surface area contributed by atoms with Gasteiger partial charge in [0, 0.05) is 6.42 Å². The summed E-state index contributed by atoms with van der Waals surface area (Å²) in [5.74, 6) is -2.21. The van der Waals surface area contributed by atoms with Crippen molar-refractivity contribution >= 4 is 41.9 Å². The summed E-state index contributed by atoms with van der Waals surface area (Å²) in [6.45, 7) is 3.20. The highest BCUT2D eigenvalue weighted by Crippen LogP contribution is 2.09. The van der Waals surface area contributed by atoms with E-state index in [-0.39, 0.29) is 12.3 Å². The van der Waals surface area contributed by atoms with Crippen molar-refractivity contribution in [2.24, 2.45) is 5.92 Å². The second-order valence-corrected chi connectivity index (χ2v) is 9.16. The van der Waals surface area contributed by atoms with Crippen LogP contribution in [0.25, 0.3) is 0 Å². The molecule has 0 aliphatic rings. The molecule has 0 spiro atoms. The fourth-order valence-corrected chi connectivity index (χ4v) is 3.67. The SMILES string of the molecule is CSCCC(NC=O)C(=O)NC(CC(C)C)C(=O)NC(Cc1ccccc1)C(=O)NCC(=O)O. The zero-order valence-electron chi connectivity index (χ0n) is 19.7. The first-order valence-electron chi connectivity index (χ1n) is 11.0. The van der Waals surface area contributed by atoms with Crippen molar-refractivity contribution in [1.29, 1.82) is 0 Å². The molecule has 4 amide bonds. The number of nitrogens with one attached hydrogen (secondary N) is 4. The van der Waals surface area contributed by atoms with Crippen molar-refractivity contribution < 1.29 is 29.1 Å². The van der Waals surface area contributed by atoms with Crippen molar-refractivity contribution in [2.45, 2.75) is 51.2 Å². The van der Waals surface area contributed by atoms with E-state index in [1.165, 1.54) is 11.8 Å². The maximum absolute atomic E-state index is 13.1. The summed E-state index contributed by atoms with van der Waals surface area (Å²) in [6.07, 6.45) is 3.18. The Labute approximate surface area is 204 Å². The largest absolute Gasteiger partial charge is 0.480 e. The number of carboxylic acid groups (broad SMARTS) is 1. The highest BCUT2D eigenvalue weighted by Gasteiger charge is 2.29. The van der Waals surface area contributed by atoms with Gasteiger partial charge in [-0.15, -0.1) is 0 Å². The number of carbonyl (C=O) groups excluding carboxylic acids is 4. The number of thioether (sulfide) groups is 1. The van der Waals surface area contributed by atoms with Gasteiger partial charge in [-0.3, -0.25) is 24.0 Å². The zero-order chi connectivity index (χ0) is 25.5. The second-order valence-electron chi connectivity index (χ2n) is 8.17. The summed E-state index contributed by atoms with van der Waals surface area (Å²) in [6, 6.07) is 6.21. The van der Waals surface area contributed by atoms with Crippen molar-refractivity contribution in [1.82, 2.24) is 21.3 Å². The fourth-order valence-electron chi connectivity index (χ4n) is 3.20. The van der Waals surface area contributed by atoms with Gasteiger partial charge in [-0.05, 0) is 36.3 Å². The molecule has 1 rings (SSSR count). The third kappa shape index (κ3) is 11.2. The van der Waals surface area contributed by atoms with Gasteiger partial charge in [0.15, 0.2) is 0 Å². The number of rotatable bonds is 16. The molecule has 3 atom stereocenters. The Hall–Kier alpha value is -3.08. The van der Waals surface area contributed by atoms with E-state index in [0.717, 1.165) is 5.56 Å². The van der Waals surface area contributed by atoms with Gasteiger partial charge in [-0.1, -0.05) is 44.2 Å². The molecule has 3 unspecified atom stereocenters. The van der Waals surface area contributed by atoms with Crippen LogP contribution in [-0.2, 0) is 30.4 Å². The van der Waals surface area contributed by atoms with Crippen LogP contribution in [0.2, 0.25) is 0 Å². The summed E-state index contributed by atoms with van der Waals surface area (Å²) >= 11 is 1.53. The predicted octanol–water partition coefficient (Wildman–Crippen LogP) is 0.313. The van der Waals surface area contributed by atoms with E-state index in [4.69, 9.17) is 5.11 Å². The average Bonchev–Trinajstić information content (AvgIpc) is 2.79. The van der Waals surface area contributed by atoms with E-state index in [1.54, 1.807) is 24.3 Å². The number of hydrogen-bond acceptors (Lipinski definition) is 6. The quantitative estimate of drug-likeness (QED) is 0.207. The van der Waals surface area contributed by atoms with Crippen LogP contribution in [0.15, 0.2) is 30.3 Å². The van der Waals surface area contributed by atoms with Gasteiger partial charge in [-0.25, -0.2) is 0 Å². The molecule has 0 aliphatic carbocycles. The molecule has 0 radical (unpaired) electrons. The predicted molar refractivity (Wildman–Crippen MR) is 130 cm³/mol. The number of benzene rings is 1. The molecular weight excluding hydrogens is 460 g/mol. The maximum Gasteiger partial charge on any atom is 0.322 e. The van der Waals surface area contributed by atoms with E-state index in [2.05, 4.69) is 21.3 Å². The molecule has 188 valence electrons. The van der Waals surface area contributed by atoms with Crippen LogP contribution in [-0.4, -0.2) is 71.9 Å². The van der Waals surface area contributed by atoms with Crippen molar-refractivity contribution in [3.8, 4) is 0 Å². The number of amides is 4. The van der Waals surface area contributed by atoms with E-state index < -0.39 is 48.4 Å². The lowest BCUT2D eigenvalue weighted by molar-refractivity contribution is -0.138. The van der Waals surface area contributed by atoms with Crippen molar-refractivity contribution in [3.05, 3.63) is 35.9 Å². The Balaban J connectivity index is 3.02. The molecule has 0 aromatic heterocycles. The molecule has 0 aliphatic heterocycles. The minimum absolute atomic E-state index is 0.0492. The molecule has 0 heterocycles. The lowest BCUT2D eigenvalue weighted by Crippen LogP contribution is -2.57. The van der Waals surface area contributed by atoms with E-state index in [9.17, 15) is 24.0 Å². The molecule has 11 heteroatoms. The first kappa shape index (κ1) is 29.0. The van der Waals surface area contributed by atoms with Gasteiger partial charge in [0.1, 0.15) is 24.7 Å². The molecule has 1 aromatic rings. The smallest absolute Gasteiger partial charge is 0.322 e. The van der Waals surface area contributed by atoms with Gasteiger partial charge in [0.2, 0.25) is 24.1 Å². The molecule has 0 bridgehead atoms. The average molecular weight is 495 g/mol. The van der Waals surface area contributed by atoms with E-state index in [0.29, 0.717) is 25.0 Å². The number of aliphatic carboxylic acids is 1. The van der Waals surface area contributed by atoms with Gasteiger partial charge in [0.05, 0.1) is 0 Å². The summed E-state index contributed by atoms with van der Waals surface area (Å²) in [5, 5.41) is 19.0. The standard InChI is InChI=1S/C23H34N4O6S/c1-15(2)11-18(26-22(32)17(25-14-28)9-10-34-3)23(33)27-19(21(31)24-13-20(29)30)12-16-7-5-4-6-8-16/h4-8,14-15,17-19H,9-13H2,1-3H3,(H,24,31)(H,25,28)(H,26,32)(H,27,33)(H,29,30). The Kier molecular flexibility index (Phi) is 13.4. The fraction of sp³-hybridized carbons (Fsp3) is 0.522. The molecule has 0 fully saturated rings. The second kappa shape index (κ2) is 15.7. The first-order valence-corrected chi connectivity index (χ1v) is 12.4. The molecule has 5 N–H and O–H groups in total. The van der Waals surface area contributed by atoms with Crippen LogP contribution in [0.4, 0.5) is 0 Å². The highest BCUT2D eigenvalue weighted by atomic mass is 32.2. The van der Waals surface area contributed by atoms with Gasteiger partial charge >= 0.3 is 5.97 Å². The monoisotopic (exact) mass is 494 g/mol. The summed E-state index contributed by atoms with van der Waals surface area (Å²) in [4.78, 5) is 60.3. The molecule has 10 nitrogen and oxygen atoms in total. The topological polar surface area (TPSA) is 154 Å². The Morgan fingerprint density at radius 1 is 0.971 bits per heavy atom. The normalized spacial score (nSPS) is 13.3. The Morgan fingerprint density at radius 3 is 2.15 bits per heavy atom. The lowest BCUT2D eigenvalue weighted by atomic mass is 10.0. The minimum Gasteiger partial charge on any atom is -0.480 e. The lowest BCUT2D eigenvalue weighted by Gasteiger charge is -2.26. The molecule has 0 saturated carbocycles. The summed E-state index contributed by atoms with van der Waals surface area (Å²) in [7, 11) is 0. The van der Waals surface area contributed by atoms with Crippen LogP contribution < -0.4 is 21.3 Å². The maximum atomic E-state index is 13.1. The minimum atomic E-state index is -1.21. The van der Waals surface area contributed by atoms with Crippen LogP contribution in [0.5, 0.6) is 0 Å². The molecule has 0 saturated heterocycles. The highest BCUT2D eigenvalue weighted by molar-refractivity contribution is 7.98. The molecular formula is C23H34N4O6S. The van der Waals surface area contributed by atoms with Gasteiger partial charge < -0.3 is 26.4 Å². The molecule has 1 aromatic carbocycles. The van der Waals surface area contributed by atoms with Crippen LogP contribution in [0, 0.1) is 5.92 Å². The number of carbonyl (C=O) groups is 5. The van der Waals surface area contributed by atoms with Crippen molar-refractivity contribution in [2.75, 3.05) is 18.6 Å². The summed E-state index contributed by atoms with van der Waals surface area (Å²) in [5.41, 5.74) is 0.773. The van der Waals surface area contributed by atoms with Gasteiger partial charge in [-0.2, -0.15) is 11.8 Å². The van der Waals surface area contributed by atoms with Crippen molar-refractivity contribution in [3.63, 3.8) is 0 Å². The third-order valence-electron chi connectivity index (χ3n) is 4.87. The molecule has 34 heavy (non-hydrogen) atoms. The Morgan fingerprint density at radius 2 is 1.59 bits per heavy atom. The zero-order valence-corrected chi connectivity index (χ0v) is 20.5. The van der Waals surface area contributed by atoms with E-state index >= 15 is 0 Å². The number of hydrogen-bond donors (Lipinski definition) is 5. The van der Waals surface area contributed by atoms with Gasteiger partial charge in [0.25, 0.3) is 0 Å². The van der Waals surface area contributed by atoms with Crippen LogP contribution in [0.1, 0.15) is 32.3 Å². The van der Waals surface area contributed by atoms with Crippen LogP contribution >= 0.6 is 11.8 Å². The number of carboxylic acids is 1. The summed E-state index contributed by atoms with van der Waals surface area (Å²) < 4.78 is 0. The van der Waals surface area contributed by atoms with E-state index in [1.807, 2.05) is 26.2 Å². The Bertz CT molecular complexity index is 821. The van der Waals surface area contributed by atoms with Crippen LogP contribution in [0.3, 0.4) is 0 Å². The first-order chi connectivity index (χ1) is 16.2. The third-order valence-corrected chi connectivity index (χ3v) is 5.51.